The van der Waals surface area contributed by atoms with Gasteiger partial charge < -0.3 is 4.90 Å². The molecular formula is C25H33ClN2O. The quantitative estimate of drug-likeness (QED) is 0.681. The van der Waals surface area contributed by atoms with E-state index in [2.05, 4.69) is 34.1 Å². The van der Waals surface area contributed by atoms with Gasteiger partial charge >= 0.3 is 0 Å². The van der Waals surface area contributed by atoms with E-state index in [0.29, 0.717) is 12.1 Å². The number of amides is 1. The van der Waals surface area contributed by atoms with E-state index in [1.165, 1.54) is 45.2 Å². The van der Waals surface area contributed by atoms with Crippen LogP contribution >= 0.6 is 12.4 Å². The topological polar surface area (TPSA) is 23.6 Å². The average Bonchev–Trinajstić information content (AvgIpc) is 3.30. The van der Waals surface area contributed by atoms with Gasteiger partial charge in [-0.05, 0) is 49.9 Å². The number of nitrogens with zero attached hydrogens (tertiary/aromatic N) is 2. The van der Waals surface area contributed by atoms with Gasteiger partial charge in [0, 0.05) is 19.1 Å². The van der Waals surface area contributed by atoms with Gasteiger partial charge in [-0.1, -0.05) is 73.5 Å². The third kappa shape index (κ3) is 4.84. The minimum Gasteiger partial charge on any atom is -0.340 e. The molecule has 0 N–H and O–H groups in total. The summed E-state index contributed by atoms with van der Waals surface area (Å²) in [4.78, 5) is 18.5. The third-order valence-corrected chi connectivity index (χ3v) is 6.66. The number of likely N-dealkylation sites (N-methyl/N-ethyl adjacent to an activating group) is 1. The smallest absolute Gasteiger partial charge is 0.234 e. The average molecular weight is 413 g/mol. The van der Waals surface area contributed by atoms with E-state index in [9.17, 15) is 4.79 Å². The first-order chi connectivity index (χ1) is 13.8. The van der Waals surface area contributed by atoms with Crippen LogP contribution in [0.25, 0.3) is 0 Å². The van der Waals surface area contributed by atoms with Crippen LogP contribution < -0.4 is 0 Å². The number of benzene rings is 2. The monoisotopic (exact) mass is 412 g/mol. The molecule has 2 fully saturated rings. The fourth-order valence-electron chi connectivity index (χ4n) is 5.18. The Kier molecular flexibility index (Phi) is 7.74. The van der Waals surface area contributed by atoms with Crippen molar-refractivity contribution in [2.24, 2.45) is 0 Å². The fraction of sp³-hybridized carbons (Fsp3) is 0.480. The molecule has 1 saturated carbocycles. The molecule has 2 aliphatic rings. The summed E-state index contributed by atoms with van der Waals surface area (Å²) < 4.78 is 0. The van der Waals surface area contributed by atoms with Gasteiger partial charge in [0.1, 0.15) is 0 Å². The maximum absolute atomic E-state index is 13.8. The second-order valence-electron chi connectivity index (χ2n) is 8.37. The Balaban J connectivity index is 0.00000240. The van der Waals surface area contributed by atoms with Crippen LogP contribution in [0, 0.1) is 0 Å². The van der Waals surface area contributed by atoms with Crippen LogP contribution in [0.1, 0.15) is 55.6 Å². The van der Waals surface area contributed by atoms with Gasteiger partial charge in [-0.3, -0.25) is 9.69 Å². The Labute approximate surface area is 181 Å². The van der Waals surface area contributed by atoms with Crippen molar-refractivity contribution in [2.75, 3.05) is 20.1 Å². The minimum absolute atomic E-state index is 0. The normalized spacial score (nSPS) is 22.3. The minimum atomic E-state index is -0.228. The SMILES string of the molecule is CN(C(=O)C(c1ccccc1)c1ccccc1)[C@@H]1CCCC[C@H]1N1CCCC1.Cl. The highest BCUT2D eigenvalue weighted by Gasteiger charge is 2.37. The van der Waals surface area contributed by atoms with Gasteiger partial charge in [0.15, 0.2) is 0 Å². The molecule has 1 aliphatic heterocycles. The van der Waals surface area contributed by atoms with Crippen molar-refractivity contribution in [1.29, 1.82) is 0 Å². The van der Waals surface area contributed by atoms with Gasteiger partial charge in [0.2, 0.25) is 5.91 Å². The summed E-state index contributed by atoms with van der Waals surface area (Å²) in [6.45, 7) is 2.40. The lowest BCUT2D eigenvalue weighted by Gasteiger charge is -2.43. The first kappa shape index (κ1) is 21.9. The molecule has 0 spiro atoms. The second-order valence-corrected chi connectivity index (χ2v) is 8.37. The number of carbonyl (C=O) groups is 1. The molecule has 0 aromatic heterocycles. The van der Waals surface area contributed by atoms with E-state index in [-0.39, 0.29) is 24.2 Å². The Hall–Kier alpha value is -1.84. The number of carbonyl (C=O) groups excluding carboxylic acids is 1. The second kappa shape index (κ2) is 10.3. The van der Waals surface area contributed by atoms with Crippen molar-refractivity contribution in [2.45, 2.75) is 56.5 Å². The molecule has 2 aromatic carbocycles. The Morgan fingerprint density at radius 1 is 0.862 bits per heavy atom. The maximum atomic E-state index is 13.8. The van der Waals surface area contributed by atoms with E-state index in [1.54, 1.807) is 0 Å². The van der Waals surface area contributed by atoms with Crippen molar-refractivity contribution < 1.29 is 4.79 Å². The largest absolute Gasteiger partial charge is 0.340 e. The van der Waals surface area contributed by atoms with E-state index < -0.39 is 0 Å². The highest BCUT2D eigenvalue weighted by Crippen LogP contribution is 2.33. The predicted octanol–water partition coefficient (Wildman–Crippen LogP) is 5.11. The number of halogens is 1. The van der Waals surface area contributed by atoms with Crippen LogP contribution in [-0.2, 0) is 4.79 Å². The molecule has 2 atom stereocenters. The lowest BCUT2D eigenvalue weighted by Crippen LogP contribution is -2.54. The molecule has 3 nitrogen and oxygen atoms in total. The highest BCUT2D eigenvalue weighted by molar-refractivity contribution is 5.87. The molecule has 0 radical (unpaired) electrons. The van der Waals surface area contributed by atoms with Crippen LogP contribution in [0.2, 0.25) is 0 Å². The maximum Gasteiger partial charge on any atom is 0.234 e. The van der Waals surface area contributed by atoms with Crippen molar-refractivity contribution in [1.82, 2.24) is 9.80 Å². The first-order valence-electron chi connectivity index (χ1n) is 10.9. The van der Waals surface area contributed by atoms with Crippen LogP contribution in [0.4, 0.5) is 0 Å². The molecule has 4 heteroatoms. The molecule has 29 heavy (non-hydrogen) atoms. The summed E-state index contributed by atoms with van der Waals surface area (Å²) in [6, 6.07) is 21.4. The van der Waals surface area contributed by atoms with E-state index >= 15 is 0 Å². The highest BCUT2D eigenvalue weighted by atomic mass is 35.5. The lowest BCUT2D eigenvalue weighted by molar-refractivity contribution is -0.134. The molecule has 0 unspecified atom stereocenters. The summed E-state index contributed by atoms with van der Waals surface area (Å²) in [5.41, 5.74) is 2.16. The van der Waals surface area contributed by atoms with E-state index in [0.717, 1.165) is 17.5 Å². The predicted molar refractivity (Wildman–Crippen MR) is 122 cm³/mol. The van der Waals surface area contributed by atoms with Gasteiger partial charge in [0.05, 0.1) is 5.92 Å². The summed E-state index contributed by atoms with van der Waals surface area (Å²) in [6.07, 6.45) is 7.48. The number of hydrogen-bond acceptors (Lipinski definition) is 2. The molecule has 156 valence electrons. The number of likely N-dealkylation sites (tertiary alicyclic amines) is 1. The first-order valence-corrected chi connectivity index (χ1v) is 10.9. The third-order valence-electron chi connectivity index (χ3n) is 6.66. The fourth-order valence-corrected chi connectivity index (χ4v) is 5.18. The molecule has 0 bridgehead atoms. The number of rotatable bonds is 5. The summed E-state index contributed by atoms with van der Waals surface area (Å²) in [5, 5.41) is 0. The van der Waals surface area contributed by atoms with Gasteiger partial charge in [-0.25, -0.2) is 0 Å². The molecule has 2 aromatic rings. The van der Waals surface area contributed by atoms with E-state index in [1.807, 2.05) is 43.4 Å². The van der Waals surface area contributed by atoms with Gasteiger partial charge in [-0.2, -0.15) is 0 Å². The van der Waals surface area contributed by atoms with Crippen molar-refractivity contribution >= 4 is 18.3 Å². The van der Waals surface area contributed by atoms with E-state index in [4.69, 9.17) is 0 Å². The summed E-state index contributed by atoms with van der Waals surface area (Å²) in [5.74, 6) is 0.00190. The zero-order valence-corrected chi connectivity index (χ0v) is 18.2. The summed E-state index contributed by atoms with van der Waals surface area (Å²) >= 11 is 0. The standard InChI is InChI=1S/C25H32N2O.ClH/c1-26(22-16-8-9-17-23(22)27-18-10-11-19-27)25(28)24(20-12-4-2-5-13-20)21-14-6-3-7-15-21;/h2-7,12-15,22-24H,8-11,16-19H2,1H3;1H/t22-,23-;/m1./s1. The molecule has 1 aliphatic carbocycles. The van der Waals surface area contributed by atoms with Gasteiger partial charge in [0.25, 0.3) is 0 Å². The van der Waals surface area contributed by atoms with Crippen molar-refractivity contribution in [3.05, 3.63) is 71.8 Å². The summed E-state index contributed by atoms with van der Waals surface area (Å²) in [7, 11) is 2.04. The molecule has 1 saturated heterocycles. The van der Waals surface area contributed by atoms with Crippen molar-refractivity contribution in [3.8, 4) is 0 Å². The van der Waals surface area contributed by atoms with Crippen LogP contribution in [0.15, 0.2) is 60.7 Å². The molecule has 1 amide bonds. The zero-order valence-electron chi connectivity index (χ0n) is 17.4. The zero-order chi connectivity index (χ0) is 19.3. The van der Waals surface area contributed by atoms with Crippen LogP contribution in [-0.4, -0.2) is 47.9 Å². The van der Waals surface area contributed by atoms with Crippen LogP contribution in [0.3, 0.4) is 0 Å². The van der Waals surface area contributed by atoms with Gasteiger partial charge in [-0.15, -0.1) is 12.4 Å². The molecular weight excluding hydrogens is 380 g/mol. The lowest BCUT2D eigenvalue weighted by atomic mass is 9.85. The number of hydrogen-bond donors (Lipinski definition) is 0. The molecule has 1 heterocycles. The Morgan fingerprint density at radius 3 is 1.93 bits per heavy atom. The Morgan fingerprint density at radius 2 is 1.38 bits per heavy atom. The molecule has 4 rings (SSSR count). The van der Waals surface area contributed by atoms with Crippen molar-refractivity contribution in [3.63, 3.8) is 0 Å². The van der Waals surface area contributed by atoms with Crippen LogP contribution in [0.5, 0.6) is 0 Å². The Bertz CT molecular complexity index is 721.